The maximum absolute atomic E-state index is 13.1. The normalized spacial score (nSPS) is 11.5. The summed E-state index contributed by atoms with van der Waals surface area (Å²) in [6.45, 7) is 12.5. The first-order chi connectivity index (χ1) is 20.3. The number of aromatic nitrogens is 1. The summed E-state index contributed by atoms with van der Waals surface area (Å²) in [6, 6.07) is 14.3. The maximum atomic E-state index is 13.1. The summed E-state index contributed by atoms with van der Waals surface area (Å²) in [5.41, 5.74) is 7.42. The standard InChI is InChI=1S/C37H54N2O2S/c1-6-7-8-9-10-11-12-13-14-15-16-19-24-41-35-23-22-31(25-33(35)37(3,4)5)26-36(40)38-34-21-18-17-20-32(34)27-39-29-42-28-30(39)2/h17-18,20-23,25,28-29H,6-16,19,24,26-27H2,1-5H3/p+1. The molecular formula is C37H55N2O2S+. The number of thiazole rings is 1. The fourth-order valence-corrected chi connectivity index (χ4v) is 6.16. The monoisotopic (exact) mass is 591 g/mol. The van der Waals surface area contributed by atoms with E-state index in [0.29, 0.717) is 6.42 Å². The summed E-state index contributed by atoms with van der Waals surface area (Å²) < 4.78 is 8.49. The van der Waals surface area contributed by atoms with Crippen LogP contribution in [0.1, 0.15) is 127 Å². The fourth-order valence-electron chi connectivity index (χ4n) is 5.38. The van der Waals surface area contributed by atoms with Crippen molar-refractivity contribution in [2.75, 3.05) is 11.9 Å². The van der Waals surface area contributed by atoms with E-state index in [1.165, 1.54) is 76.3 Å². The van der Waals surface area contributed by atoms with Crippen molar-refractivity contribution in [3.05, 3.63) is 75.7 Å². The van der Waals surface area contributed by atoms with Gasteiger partial charge in [0.25, 0.3) is 0 Å². The topological polar surface area (TPSA) is 42.2 Å². The summed E-state index contributed by atoms with van der Waals surface area (Å²) in [5, 5.41) is 5.30. The largest absolute Gasteiger partial charge is 0.493 e. The second-order valence-corrected chi connectivity index (χ2v) is 13.5. The van der Waals surface area contributed by atoms with Gasteiger partial charge in [-0.3, -0.25) is 4.79 Å². The zero-order chi connectivity index (χ0) is 30.2. The van der Waals surface area contributed by atoms with Crippen LogP contribution in [0.3, 0.4) is 0 Å². The summed E-state index contributed by atoms with van der Waals surface area (Å²) in [7, 11) is 0. The molecule has 0 bridgehead atoms. The Bertz CT molecular complexity index is 1210. The molecule has 0 aliphatic rings. The van der Waals surface area contributed by atoms with Gasteiger partial charge in [-0.1, -0.05) is 140 Å². The van der Waals surface area contributed by atoms with E-state index in [1.807, 2.05) is 24.3 Å². The lowest BCUT2D eigenvalue weighted by molar-refractivity contribution is -0.689. The molecule has 0 saturated carbocycles. The highest BCUT2D eigenvalue weighted by molar-refractivity contribution is 7.07. The number of hydrogen-bond donors (Lipinski definition) is 1. The highest BCUT2D eigenvalue weighted by Crippen LogP contribution is 2.33. The number of aryl methyl sites for hydroxylation is 1. The van der Waals surface area contributed by atoms with Gasteiger partial charge in [0.2, 0.25) is 11.4 Å². The Labute approximate surface area is 259 Å². The van der Waals surface area contributed by atoms with E-state index < -0.39 is 0 Å². The van der Waals surface area contributed by atoms with Crippen LogP contribution in [0.5, 0.6) is 5.75 Å². The molecule has 0 atom stereocenters. The van der Waals surface area contributed by atoms with Gasteiger partial charge in [-0.15, -0.1) is 0 Å². The summed E-state index contributed by atoms with van der Waals surface area (Å²) in [5.74, 6) is 0.947. The van der Waals surface area contributed by atoms with Crippen LogP contribution in [0.15, 0.2) is 53.4 Å². The van der Waals surface area contributed by atoms with E-state index in [2.05, 4.69) is 73.6 Å². The minimum absolute atomic E-state index is 0.000453. The zero-order valence-corrected chi connectivity index (χ0v) is 27.8. The zero-order valence-electron chi connectivity index (χ0n) is 27.0. The summed E-state index contributed by atoms with van der Waals surface area (Å²) >= 11 is 1.69. The molecule has 0 radical (unpaired) electrons. The van der Waals surface area contributed by atoms with Gasteiger partial charge in [0.05, 0.1) is 24.1 Å². The smallest absolute Gasteiger partial charge is 0.228 e. The van der Waals surface area contributed by atoms with Gasteiger partial charge in [0.15, 0.2) is 12.2 Å². The first-order valence-corrected chi connectivity index (χ1v) is 17.3. The average molecular weight is 592 g/mol. The lowest BCUT2D eigenvalue weighted by Gasteiger charge is -2.24. The van der Waals surface area contributed by atoms with Gasteiger partial charge in [-0.2, -0.15) is 4.57 Å². The average Bonchev–Trinajstić information content (AvgIpc) is 3.36. The number of anilines is 1. The molecule has 0 aliphatic carbocycles. The van der Waals surface area contributed by atoms with E-state index in [0.717, 1.165) is 47.7 Å². The van der Waals surface area contributed by atoms with Crippen molar-refractivity contribution in [3.8, 4) is 5.75 Å². The molecule has 4 nitrogen and oxygen atoms in total. The molecular weight excluding hydrogens is 536 g/mol. The van der Waals surface area contributed by atoms with Gasteiger partial charge in [-0.25, -0.2) is 0 Å². The highest BCUT2D eigenvalue weighted by Gasteiger charge is 2.21. The number of unbranched alkanes of at least 4 members (excludes halogenated alkanes) is 11. The summed E-state index contributed by atoms with van der Waals surface area (Å²) in [4.78, 5) is 13.1. The third-order valence-corrected chi connectivity index (χ3v) is 8.84. The molecule has 0 fully saturated rings. The van der Waals surface area contributed by atoms with Crippen LogP contribution in [0.25, 0.3) is 0 Å². The van der Waals surface area contributed by atoms with Crippen molar-refractivity contribution in [1.29, 1.82) is 0 Å². The van der Waals surface area contributed by atoms with Crippen molar-refractivity contribution < 1.29 is 14.1 Å². The molecule has 0 aliphatic heterocycles. The van der Waals surface area contributed by atoms with E-state index in [1.54, 1.807) is 11.3 Å². The number of ether oxygens (including phenoxy) is 1. The Morgan fingerprint density at radius 2 is 1.52 bits per heavy atom. The van der Waals surface area contributed by atoms with Crippen LogP contribution in [-0.2, 0) is 23.2 Å². The molecule has 1 N–H and O–H groups in total. The molecule has 5 heteroatoms. The molecule has 3 rings (SSSR count). The lowest BCUT2D eigenvalue weighted by Crippen LogP contribution is -2.34. The number of nitrogens with one attached hydrogen (secondary N) is 1. The first kappa shape index (κ1) is 33.8. The Hall–Kier alpha value is -2.66. The van der Waals surface area contributed by atoms with Crippen molar-refractivity contribution in [1.82, 2.24) is 0 Å². The molecule has 0 spiro atoms. The number of benzene rings is 2. The highest BCUT2D eigenvalue weighted by atomic mass is 32.1. The van der Waals surface area contributed by atoms with Crippen molar-refractivity contribution >= 4 is 22.9 Å². The van der Waals surface area contributed by atoms with Crippen LogP contribution in [0.2, 0.25) is 0 Å². The van der Waals surface area contributed by atoms with Crippen LogP contribution < -0.4 is 14.6 Å². The number of amides is 1. The minimum atomic E-state index is -0.0689. The number of nitrogens with zero attached hydrogens (tertiary/aromatic N) is 1. The van der Waals surface area contributed by atoms with Gasteiger partial charge in [-0.05, 0) is 35.1 Å². The third kappa shape index (κ3) is 11.9. The molecule has 3 aromatic rings. The van der Waals surface area contributed by atoms with Crippen molar-refractivity contribution in [2.24, 2.45) is 0 Å². The van der Waals surface area contributed by atoms with Gasteiger partial charge in [0, 0.05) is 12.5 Å². The molecule has 230 valence electrons. The lowest BCUT2D eigenvalue weighted by atomic mass is 9.85. The molecule has 1 aromatic heterocycles. The van der Waals surface area contributed by atoms with Crippen LogP contribution in [0, 0.1) is 6.92 Å². The predicted molar refractivity (Wildman–Crippen MR) is 179 cm³/mol. The second kappa shape index (κ2) is 18.1. The van der Waals surface area contributed by atoms with Crippen molar-refractivity contribution in [2.45, 2.75) is 130 Å². The van der Waals surface area contributed by atoms with E-state index in [4.69, 9.17) is 4.74 Å². The van der Waals surface area contributed by atoms with Crippen LogP contribution in [0.4, 0.5) is 5.69 Å². The second-order valence-electron chi connectivity index (χ2n) is 12.8. The maximum Gasteiger partial charge on any atom is 0.228 e. The Balaban J connectivity index is 1.45. The number of carbonyl (C=O) groups is 1. The van der Waals surface area contributed by atoms with Crippen LogP contribution >= 0.6 is 11.3 Å². The number of carbonyl (C=O) groups excluding carboxylic acids is 1. The molecule has 0 saturated heterocycles. The predicted octanol–water partition coefficient (Wildman–Crippen LogP) is 9.95. The Morgan fingerprint density at radius 1 is 0.881 bits per heavy atom. The SMILES string of the molecule is CCCCCCCCCCCCCCOc1ccc(CC(=O)Nc2ccccc2C[n+]2cscc2C)cc1C(C)(C)C. The van der Waals surface area contributed by atoms with Gasteiger partial charge >= 0.3 is 0 Å². The van der Waals surface area contributed by atoms with Crippen molar-refractivity contribution in [3.63, 3.8) is 0 Å². The fraction of sp³-hybridized carbons (Fsp3) is 0.568. The molecule has 1 heterocycles. The third-order valence-electron chi connectivity index (χ3n) is 7.98. The van der Waals surface area contributed by atoms with Gasteiger partial charge in [0.1, 0.15) is 5.75 Å². The summed E-state index contributed by atoms with van der Waals surface area (Å²) in [6.07, 6.45) is 16.4. The first-order valence-electron chi connectivity index (χ1n) is 16.3. The van der Waals surface area contributed by atoms with E-state index >= 15 is 0 Å². The van der Waals surface area contributed by atoms with Crippen LogP contribution in [-0.4, -0.2) is 12.5 Å². The number of rotatable bonds is 19. The minimum Gasteiger partial charge on any atom is -0.493 e. The quantitative estimate of drug-likeness (QED) is 0.111. The molecule has 2 aromatic carbocycles. The molecule has 42 heavy (non-hydrogen) atoms. The molecule has 0 unspecified atom stereocenters. The van der Waals surface area contributed by atoms with E-state index in [9.17, 15) is 4.79 Å². The van der Waals surface area contributed by atoms with E-state index in [-0.39, 0.29) is 11.3 Å². The molecule has 1 amide bonds. The van der Waals surface area contributed by atoms with Gasteiger partial charge < -0.3 is 10.1 Å². The Kier molecular flexibility index (Phi) is 14.6. The number of hydrogen-bond acceptors (Lipinski definition) is 3. The Morgan fingerprint density at radius 3 is 2.14 bits per heavy atom. The number of para-hydroxylation sites is 1.